The number of nitrogens with zero attached hydrogens (tertiary/aromatic N) is 1. The molecule has 1 aromatic rings. The van der Waals surface area contributed by atoms with Crippen molar-refractivity contribution >= 4 is 30.3 Å². The molecule has 3 aliphatic rings. The maximum absolute atomic E-state index is 12.5. The van der Waals surface area contributed by atoms with Crippen molar-refractivity contribution in [3.05, 3.63) is 34.9 Å². The molecule has 7 nitrogen and oxygen atoms in total. The fourth-order valence-electron chi connectivity index (χ4n) is 3.65. The van der Waals surface area contributed by atoms with Gasteiger partial charge in [-0.3, -0.25) is 14.5 Å². The standard InChI is InChI=1S/C18H22N4O3.ClH/c1-18(14-4-5-14)16(24)22(17(25)21-18)10-15(23)20-7-11-2-3-12-8-19-9-13(12)6-11;/h2-3,6,14,19H,4-5,7-10H2,1H3,(H,20,23)(H,21,25);1H. The lowest BCUT2D eigenvalue weighted by molar-refractivity contribution is -0.135. The van der Waals surface area contributed by atoms with Crippen LogP contribution in [0, 0.1) is 5.92 Å². The van der Waals surface area contributed by atoms with Gasteiger partial charge in [-0.05, 0) is 42.4 Å². The van der Waals surface area contributed by atoms with Crippen LogP contribution in [0.4, 0.5) is 4.79 Å². The fourth-order valence-corrected chi connectivity index (χ4v) is 3.65. The van der Waals surface area contributed by atoms with E-state index in [9.17, 15) is 14.4 Å². The van der Waals surface area contributed by atoms with E-state index in [2.05, 4.69) is 28.1 Å². The van der Waals surface area contributed by atoms with Gasteiger partial charge in [-0.2, -0.15) is 0 Å². The van der Waals surface area contributed by atoms with Gasteiger partial charge < -0.3 is 16.0 Å². The molecule has 140 valence electrons. The van der Waals surface area contributed by atoms with Crippen LogP contribution in [0.2, 0.25) is 0 Å². The van der Waals surface area contributed by atoms with Gasteiger partial charge in [0, 0.05) is 19.6 Å². The predicted octanol–water partition coefficient (Wildman–Crippen LogP) is 1.05. The number of urea groups is 1. The van der Waals surface area contributed by atoms with Crippen LogP contribution in [-0.2, 0) is 29.2 Å². The molecular formula is C18H23ClN4O3. The Bertz CT molecular complexity index is 765. The van der Waals surface area contributed by atoms with Crippen molar-refractivity contribution in [2.45, 2.75) is 44.9 Å². The van der Waals surface area contributed by atoms with Crippen LogP contribution >= 0.6 is 12.4 Å². The number of amides is 4. The summed E-state index contributed by atoms with van der Waals surface area (Å²) in [6, 6.07) is 5.66. The first-order valence-corrected chi connectivity index (χ1v) is 8.69. The van der Waals surface area contributed by atoms with Crippen LogP contribution in [0.3, 0.4) is 0 Å². The number of carbonyl (C=O) groups is 3. The molecular weight excluding hydrogens is 356 g/mol. The topological polar surface area (TPSA) is 90.5 Å². The normalized spacial score (nSPS) is 24.1. The molecule has 26 heavy (non-hydrogen) atoms. The number of carbonyl (C=O) groups excluding carboxylic acids is 3. The Morgan fingerprint density at radius 1 is 1.27 bits per heavy atom. The van der Waals surface area contributed by atoms with Gasteiger partial charge in [0.25, 0.3) is 5.91 Å². The van der Waals surface area contributed by atoms with Crippen LogP contribution in [0.15, 0.2) is 18.2 Å². The number of hydrogen-bond acceptors (Lipinski definition) is 4. The summed E-state index contributed by atoms with van der Waals surface area (Å²) in [4.78, 5) is 37.8. The van der Waals surface area contributed by atoms with E-state index >= 15 is 0 Å². The molecule has 2 fully saturated rings. The first-order chi connectivity index (χ1) is 12.0. The Morgan fingerprint density at radius 3 is 2.73 bits per heavy atom. The van der Waals surface area contributed by atoms with E-state index in [1.54, 1.807) is 6.92 Å². The number of nitrogens with one attached hydrogen (secondary N) is 3. The van der Waals surface area contributed by atoms with Crippen LogP contribution in [0.5, 0.6) is 0 Å². The monoisotopic (exact) mass is 378 g/mol. The predicted molar refractivity (Wildman–Crippen MR) is 97.5 cm³/mol. The van der Waals surface area contributed by atoms with E-state index in [4.69, 9.17) is 0 Å². The van der Waals surface area contributed by atoms with Crippen LogP contribution < -0.4 is 16.0 Å². The van der Waals surface area contributed by atoms with Gasteiger partial charge in [-0.25, -0.2) is 4.79 Å². The SMILES string of the molecule is CC1(C2CC2)NC(=O)N(CC(=O)NCc2ccc3c(c2)CNC3)C1=O.Cl. The fraction of sp³-hybridized carbons (Fsp3) is 0.500. The molecule has 0 bridgehead atoms. The second kappa shape index (κ2) is 6.89. The number of benzene rings is 1. The number of halogens is 1. The second-order valence-electron chi connectivity index (χ2n) is 7.28. The summed E-state index contributed by atoms with van der Waals surface area (Å²) in [7, 11) is 0. The molecule has 0 radical (unpaired) electrons. The zero-order chi connectivity index (χ0) is 17.6. The Hall–Kier alpha value is -2.12. The van der Waals surface area contributed by atoms with Gasteiger partial charge in [0.15, 0.2) is 0 Å². The summed E-state index contributed by atoms with van der Waals surface area (Å²) >= 11 is 0. The number of rotatable bonds is 5. The molecule has 4 rings (SSSR count). The minimum absolute atomic E-state index is 0. The number of hydrogen-bond donors (Lipinski definition) is 3. The molecule has 2 aliphatic heterocycles. The molecule has 0 aromatic heterocycles. The highest BCUT2D eigenvalue weighted by atomic mass is 35.5. The summed E-state index contributed by atoms with van der Waals surface area (Å²) in [6.45, 7) is 3.63. The molecule has 1 saturated carbocycles. The minimum atomic E-state index is -0.843. The molecule has 8 heteroatoms. The van der Waals surface area contributed by atoms with E-state index < -0.39 is 11.6 Å². The average Bonchev–Trinajstić information content (AvgIpc) is 3.31. The smallest absolute Gasteiger partial charge is 0.325 e. The molecule has 1 aromatic carbocycles. The van der Waals surface area contributed by atoms with Crippen molar-refractivity contribution < 1.29 is 14.4 Å². The van der Waals surface area contributed by atoms with Crippen LogP contribution in [-0.4, -0.2) is 34.8 Å². The minimum Gasteiger partial charge on any atom is -0.350 e. The first kappa shape index (κ1) is 18.7. The van der Waals surface area contributed by atoms with Crippen LogP contribution in [0.1, 0.15) is 36.5 Å². The molecule has 1 atom stereocenters. The maximum atomic E-state index is 12.5. The van der Waals surface area contributed by atoms with E-state index in [0.717, 1.165) is 36.4 Å². The lowest BCUT2D eigenvalue weighted by atomic mass is 9.96. The molecule has 1 unspecified atom stereocenters. The number of imide groups is 1. The molecule has 2 heterocycles. The Morgan fingerprint density at radius 2 is 2.00 bits per heavy atom. The number of fused-ring (bicyclic) bond motifs is 1. The molecule has 3 N–H and O–H groups in total. The quantitative estimate of drug-likeness (QED) is 0.668. The van der Waals surface area contributed by atoms with Gasteiger partial charge in [0.05, 0.1) is 0 Å². The van der Waals surface area contributed by atoms with E-state index in [-0.39, 0.29) is 36.7 Å². The zero-order valence-electron chi connectivity index (χ0n) is 14.6. The highest BCUT2D eigenvalue weighted by molar-refractivity contribution is 6.09. The summed E-state index contributed by atoms with van der Waals surface area (Å²) in [6.07, 6.45) is 1.88. The van der Waals surface area contributed by atoms with Gasteiger partial charge in [0.2, 0.25) is 5.91 Å². The summed E-state index contributed by atoms with van der Waals surface area (Å²) in [5.74, 6) is -0.432. The van der Waals surface area contributed by atoms with Crippen molar-refractivity contribution in [1.82, 2.24) is 20.9 Å². The van der Waals surface area contributed by atoms with Crippen LogP contribution in [0.25, 0.3) is 0 Å². The van der Waals surface area contributed by atoms with Crippen molar-refractivity contribution in [2.75, 3.05) is 6.54 Å². The van der Waals surface area contributed by atoms with E-state index in [0.29, 0.717) is 6.54 Å². The highest BCUT2D eigenvalue weighted by Gasteiger charge is 2.56. The van der Waals surface area contributed by atoms with Gasteiger partial charge in [-0.15, -0.1) is 12.4 Å². The third-order valence-electron chi connectivity index (χ3n) is 5.39. The highest BCUT2D eigenvalue weighted by Crippen LogP contribution is 2.42. The van der Waals surface area contributed by atoms with Crippen molar-refractivity contribution in [2.24, 2.45) is 5.92 Å². The van der Waals surface area contributed by atoms with Gasteiger partial charge >= 0.3 is 6.03 Å². The van der Waals surface area contributed by atoms with Crippen molar-refractivity contribution in [3.8, 4) is 0 Å². The molecule has 4 amide bonds. The van der Waals surface area contributed by atoms with Gasteiger partial charge in [-0.1, -0.05) is 18.2 Å². The van der Waals surface area contributed by atoms with E-state index in [1.165, 1.54) is 11.1 Å². The lowest BCUT2D eigenvalue weighted by Crippen LogP contribution is -2.46. The third-order valence-corrected chi connectivity index (χ3v) is 5.39. The summed E-state index contributed by atoms with van der Waals surface area (Å²) in [5.41, 5.74) is 2.70. The summed E-state index contributed by atoms with van der Waals surface area (Å²) in [5, 5.41) is 8.83. The first-order valence-electron chi connectivity index (χ1n) is 8.69. The maximum Gasteiger partial charge on any atom is 0.325 e. The Kier molecular flexibility index (Phi) is 4.94. The molecule has 1 saturated heterocycles. The lowest BCUT2D eigenvalue weighted by Gasteiger charge is -2.20. The van der Waals surface area contributed by atoms with Crippen molar-refractivity contribution in [3.63, 3.8) is 0 Å². The zero-order valence-corrected chi connectivity index (χ0v) is 15.4. The Labute approximate surface area is 158 Å². The van der Waals surface area contributed by atoms with Gasteiger partial charge in [0.1, 0.15) is 12.1 Å². The average molecular weight is 379 g/mol. The molecule has 1 aliphatic carbocycles. The Balaban J connectivity index is 0.00000196. The second-order valence-corrected chi connectivity index (χ2v) is 7.28. The largest absolute Gasteiger partial charge is 0.350 e. The molecule has 0 spiro atoms. The van der Waals surface area contributed by atoms with E-state index in [1.807, 2.05) is 6.07 Å². The third kappa shape index (κ3) is 3.29. The van der Waals surface area contributed by atoms with Crippen molar-refractivity contribution in [1.29, 1.82) is 0 Å². The summed E-state index contributed by atoms with van der Waals surface area (Å²) < 4.78 is 0.